The van der Waals surface area contributed by atoms with E-state index in [0.29, 0.717) is 19.4 Å². The molecule has 2 amide bonds. The molecule has 4 heteroatoms. The molecule has 2 N–H and O–H groups in total. The van der Waals surface area contributed by atoms with Gasteiger partial charge in [0.05, 0.1) is 0 Å². The van der Waals surface area contributed by atoms with E-state index in [9.17, 15) is 9.59 Å². The normalized spacial score (nSPS) is 14.7. The molecule has 0 aliphatic heterocycles. The molecule has 130 valence electrons. The van der Waals surface area contributed by atoms with Crippen LogP contribution in [0.15, 0.2) is 42.5 Å². The number of benzene rings is 2. The number of amides is 2. The maximum atomic E-state index is 12.7. The Labute approximate surface area is 148 Å². The molecule has 25 heavy (non-hydrogen) atoms. The van der Waals surface area contributed by atoms with E-state index in [-0.39, 0.29) is 11.8 Å². The number of aryl methyl sites for hydroxylation is 3. The summed E-state index contributed by atoms with van der Waals surface area (Å²) in [5.74, 6) is -0.391. The van der Waals surface area contributed by atoms with Crippen LogP contribution < -0.4 is 10.6 Å². The van der Waals surface area contributed by atoms with Gasteiger partial charge in [0.25, 0.3) is 0 Å². The highest BCUT2D eigenvalue weighted by molar-refractivity contribution is 6.13. The van der Waals surface area contributed by atoms with Gasteiger partial charge in [-0.3, -0.25) is 9.59 Å². The molecule has 0 heterocycles. The lowest BCUT2D eigenvalue weighted by molar-refractivity contribution is -0.134. The molecule has 0 atom stereocenters. The molecule has 4 nitrogen and oxygen atoms in total. The molecule has 3 rings (SSSR count). The second kappa shape index (κ2) is 6.71. The third-order valence-electron chi connectivity index (χ3n) is 4.78. The van der Waals surface area contributed by atoms with Crippen LogP contribution in [0.2, 0.25) is 0 Å². The summed E-state index contributed by atoms with van der Waals surface area (Å²) in [5.41, 5.74) is 4.20. The van der Waals surface area contributed by atoms with E-state index < -0.39 is 5.41 Å². The number of hydrogen-bond acceptors (Lipinski definition) is 2. The number of hydrogen-bond donors (Lipinski definition) is 2. The van der Waals surface area contributed by atoms with Crippen LogP contribution in [-0.2, 0) is 16.1 Å². The predicted octanol–water partition coefficient (Wildman–Crippen LogP) is 3.65. The van der Waals surface area contributed by atoms with E-state index in [0.717, 1.165) is 27.9 Å². The lowest BCUT2D eigenvalue weighted by atomic mass is 10.0. The molecule has 0 saturated heterocycles. The summed E-state index contributed by atoms with van der Waals surface area (Å²) >= 11 is 0. The minimum absolute atomic E-state index is 0.184. The SMILES string of the molecule is Cc1cccc(CNC(=O)C2(C(=O)Nc3ccc(C)cc3C)CC2)c1. The first-order valence-electron chi connectivity index (χ1n) is 8.63. The smallest absolute Gasteiger partial charge is 0.240 e. The quantitative estimate of drug-likeness (QED) is 0.819. The van der Waals surface area contributed by atoms with Crippen molar-refractivity contribution in [3.63, 3.8) is 0 Å². The number of carbonyl (C=O) groups is 2. The van der Waals surface area contributed by atoms with Crippen LogP contribution in [0.5, 0.6) is 0 Å². The van der Waals surface area contributed by atoms with E-state index in [2.05, 4.69) is 10.6 Å². The van der Waals surface area contributed by atoms with Gasteiger partial charge in [0.15, 0.2) is 0 Å². The molecule has 1 aliphatic rings. The fourth-order valence-corrected chi connectivity index (χ4v) is 3.05. The van der Waals surface area contributed by atoms with Gasteiger partial charge >= 0.3 is 0 Å². The van der Waals surface area contributed by atoms with Crippen molar-refractivity contribution in [2.45, 2.75) is 40.2 Å². The van der Waals surface area contributed by atoms with Crippen LogP contribution >= 0.6 is 0 Å². The van der Waals surface area contributed by atoms with Gasteiger partial charge in [-0.25, -0.2) is 0 Å². The average molecular weight is 336 g/mol. The topological polar surface area (TPSA) is 58.2 Å². The van der Waals surface area contributed by atoms with Crippen molar-refractivity contribution in [2.75, 3.05) is 5.32 Å². The Bertz CT molecular complexity index is 822. The van der Waals surface area contributed by atoms with Crippen molar-refractivity contribution in [1.29, 1.82) is 0 Å². The average Bonchev–Trinajstić information content (AvgIpc) is 3.37. The largest absolute Gasteiger partial charge is 0.351 e. The van der Waals surface area contributed by atoms with Gasteiger partial charge in [-0.15, -0.1) is 0 Å². The third-order valence-corrected chi connectivity index (χ3v) is 4.78. The van der Waals surface area contributed by atoms with E-state index >= 15 is 0 Å². The van der Waals surface area contributed by atoms with Crippen molar-refractivity contribution >= 4 is 17.5 Å². The van der Waals surface area contributed by atoms with Gasteiger partial charge in [-0.1, -0.05) is 47.5 Å². The molecular weight excluding hydrogens is 312 g/mol. The molecule has 1 fully saturated rings. The summed E-state index contributed by atoms with van der Waals surface area (Å²) in [4.78, 5) is 25.3. The number of anilines is 1. The van der Waals surface area contributed by atoms with Crippen LogP contribution in [0.4, 0.5) is 5.69 Å². The van der Waals surface area contributed by atoms with E-state index in [4.69, 9.17) is 0 Å². The van der Waals surface area contributed by atoms with Crippen LogP contribution in [0.3, 0.4) is 0 Å². The minimum atomic E-state index is -0.916. The zero-order valence-electron chi connectivity index (χ0n) is 15.0. The van der Waals surface area contributed by atoms with Gasteiger partial charge in [0, 0.05) is 12.2 Å². The van der Waals surface area contributed by atoms with E-state index in [1.165, 1.54) is 0 Å². The Morgan fingerprint density at radius 1 is 0.960 bits per heavy atom. The summed E-state index contributed by atoms with van der Waals surface area (Å²) in [6, 6.07) is 13.9. The molecule has 0 aromatic heterocycles. The van der Waals surface area contributed by atoms with E-state index in [1.54, 1.807) is 0 Å². The van der Waals surface area contributed by atoms with Gasteiger partial charge in [0.2, 0.25) is 11.8 Å². The first-order chi connectivity index (χ1) is 11.9. The zero-order chi connectivity index (χ0) is 18.0. The molecule has 2 aromatic rings. The number of nitrogens with one attached hydrogen (secondary N) is 2. The summed E-state index contributed by atoms with van der Waals surface area (Å²) < 4.78 is 0. The highest BCUT2D eigenvalue weighted by Crippen LogP contribution is 2.47. The first-order valence-corrected chi connectivity index (χ1v) is 8.63. The lowest BCUT2D eigenvalue weighted by Crippen LogP contribution is -2.39. The van der Waals surface area contributed by atoms with Crippen molar-refractivity contribution < 1.29 is 9.59 Å². The fourth-order valence-electron chi connectivity index (χ4n) is 3.05. The highest BCUT2D eigenvalue weighted by atomic mass is 16.2. The van der Waals surface area contributed by atoms with Crippen LogP contribution in [0, 0.1) is 26.2 Å². The van der Waals surface area contributed by atoms with Crippen molar-refractivity contribution in [2.24, 2.45) is 5.41 Å². The molecule has 0 bridgehead atoms. The number of carbonyl (C=O) groups excluding carboxylic acids is 2. The molecule has 1 aliphatic carbocycles. The lowest BCUT2D eigenvalue weighted by Gasteiger charge is -2.17. The summed E-state index contributed by atoms with van der Waals surface area (Å²) in [6.45, 7) is 6.43. The maximum absolute atomic E-state index is 12.7. The van der Waals surface area contributed by atoms with Gasteiger partial charge in [-0.05, 0) is 50.8 Å². The second-order valence-electron chi connectivity index (χ2n) is 7.03. The Balaban J connectivity index is 1.64. The first kappa shape index (κ1) is 17.2. The summed E-state index contributed by atoms with van der Waals surface area (Å²) in [5, 5.41) is 5.85. The Morgan fingerprint density at radius 2 is 1.68 bits per heavy atom. The van der Waals surface area contributed by atoms with Crippen LogP contribution in [0.25, 0.3) is 0 Å². The monoisotopic (exact) mass is 336 g/mol. The minimum Gasteiger partial charge on any atom is -0.351 e. The third kappa shape index (κ3) is 3.73. The van der Waals surface area contributed by atoms with Crippen molar-refractivity contribution in [3.8, 4) is 0 Å². The highest BCUT2D eigenvalue weighted by Gasteiger charge is 2.56. The molecule has 0 radical (unpaired) electrons. The van der Waals surface area contributed by atoms with Gasteiger partial charge in [-0.2, -0.15) is 0 Å². The summed E-state index contributed by atoms with van der Waals surface area (Å²) in [7, 11) is 0. The van der Waals surface area contributed by atoms with Crippen molar-refractivity contribution in [3.05, 3.63) is 64.7 Å². The van der Waals surface area contributed by atoms with Crippen LogP contribution in [-0.4, -0.2) is 11.8 Å². The van der Waals surface area contributed by atoms with E-state index in [1.807, 2.05) is 63.2 Å². The molecule has 1 saturated carbocycles. The molecule has 0 spiro atoms. The van der Waals surface area contributed by atoms with Gasteiger partial charge in [0.1, 0.15) is 5.41 Å². The van der Waals surface area contributed by atoms with Crippen molar-refractivity contribution in [1.82, 2.24) is 5.32 Å². The molecule has 0 unspecified atom stereocenters. The molecular formula is C21H24N2O2. The predicted molar refractivity (Wildman–Crippen MR) is 99.2 cm³/mol. The van der Waals surface area contributed by atoms with Crippen LogP contribution in [0.1, 0.15) is 35.1 Å². The standard InChI is InChI=1S/C21H24N2O2/c1-14-5-4-6-17(12-14)13-22-19(24)21(9-10-21)20(25)23-18-8-7-15(2)11-16(18)3/h4-8,11-12H,9-10,13H2,1-3H3,(H,22,24)(H,23,25). The Hall–Kier alpha value is -2.62. The summed E-state index contributed by atoms with van der Waals surface area (Å²) in [6.07, 6.45) is 1.20. The zero-order valence-corrected chi connectivity index (χ0v) is 15.0. The maximum Gasteiger partial charge on any atom is 0.240 e. The molecule has 2 aromatic carbocycles. The Morgan fingerprint density at radius 3 is 2.32 bits per heavy atom. The second-order valence-corrected chi connectivity index (χ2v) is 7.03. The number of rotatable bonds is 5. The van der Waals surface area contributed by atoms with Gasteiger partial charge < -0.3 is 10.6 Å². The Kier molecular flexibility index (Phi) is 4.62. The fraction of sp³-hybridized carbons (Fsp3) is 0.333.